The van der Waals surface area contributed by atoms with Crippen molar-refractivity contribution in [2.75, 3.05) is 19.0 Å². The Morgan fingerprint density at radius 3 is 2.63 bits per heavy atom. The van der Waals surface area contributed by atoms with Gasteiger partial charge in [-0.1, -0.05) is 19.1 Å². The Labute approximate surface area is 112 Å². The zero-order valence-electron chi connectivity index (χ0n) is 11.3. The van der Waals surface area contributed by atoms with Gasteiger partial charge in [0, 0.05) is 12.8 Å². The molecule has 0 aliphatic carbocycles. The molecule has 0 aliphatic rings. The molecule has 1 aromatic rings. The molecule has 2 atom stereocenters. The molecular weight excluding hydrogens is 246 g/mol. The van der Waals surface area contributed by atoms with E-state index in [1.54, 1.807) is 45.2 Å². The number of hydrogen-bond donors (Lipinski definition) is 2. The van der Waals surface area contributed by atoms with Gasteiger partial charge in [0.25, 0.3) is 0 Å². The van der Waals surface area contributed by atoms with Crippen LogP contribution in [0.1, 0.15) is 25.3 Å². The zero-order chi connectivity index (χ0) is 14.4. The second kappa shape index (κ2) is 6.89. The number of aliphatic carboxylic acids is 1. The predicted octanol–water partition coefficient (Wildman–Crippen LogP) is 2.10. The van der Waals surface area contributed by atoms with Crippen LogP contribution in [0.25, 0.3) is 0 Å². The summed E-state index contributed by atoms with van der Waals surface area (Å²) < 4.78 is 4.92. The highest BCUT2D eigenvalue weighted by molar-refractivity contribution is 5.92. The van der Waals surface area contributed by atoms with Gasteiger partial charge in [0.1, 0.15) is 0 Å². The van der Waals surface area contributed by atoms with E-state index in [0.717, 1.165) is 0 Å². The summed E-state index contributed by atoms with van der Waals surface area (Å²) in [6, 6.07) is 6.87. The average molecular weight is 265 g/mol. The first kappa shape index (κ1) is 15.2. The molecular formula is C14H19NO4. The predicted molar refractivity (Wildman–Crippen MR) is 72.2 cm³/mol. The van der Waals surface area contributed by atoms with Gasteiger partial charge in [0.05, 0.1) is 18.4 Å². The van der Waals surface area contributed by atoms with Gasteiger partial charge in [-0.2, -0.15) is 0 Å². The van der Waals surface area contributed by atoms with Crippen molar-refractivity contribution < 1.29 is 19.4 Å². The first-order chi connectivity index (χ1) is 8.95. The number of amides is 1. The fourth-order valence-electron chi connectivity index (χ4n) is 1.62. The first-order valence-electron chi connectivity index (χ1n) is 6.08. The third-order valence-corrected chi connectivity index (χ3v) is 2.89. The van der Waals surface area contributed by atoms with E-state index in [1.165, 1.54) is 0 Å². The van der Waals surface area contributed by atoms with Crippen LogP contribution in [0.2, 0.25) is 0 Å². The normalized spacial score (nSPS) is 13.6. The number of nitrogens with one attached hydrogen (secondary N) is 1. The molecule has 104 valence electrons. The van der Waals surface area contributed by atoms with Gasteiger partial charge in [-0.3, -0.25) is 9.59 Å². The second-order valence-corrected chi connectivity index (χ2v) is 4.53. The monoisotopic (exact) mass is 265 g/mol. The number of carbonyl (C=O) groups is 2. The Bertz CT molecular complexity index is 459. The Morgan fingerprint density at radius 1 is 1.37 bits per heavy atom. The Hall–Kier alpha value is -1.88. The molecule has 1 amide bonds. The molecule has 0 spiro atoms. The summed E-state index contributed by atoms with van der Waals surface area (Å²) >= 11 is 0. The van der Waals surface area contributed by atoms with E-state index < -0.39 is 11.9 Å². The number of carbonyl (C=O) groups excluding carboxylic acids is 1. The first-order valence-corrected chi connectivity index (χ1v) is 6.08. The number of ether oxygens (including phenoxy) is 1. The van der Waals surface area contributed by atoms with Crippen LogP contribution < -0.4 is 5.32 Å². The number of anilines is 1. The van der Waals surface area contributed by atoms with Crippen LogP contribution in [0.5, 0.6) is 0 Å². The summed E-state index contributed by atoms with van der Waals surface area (Å²) in [5.41, 5.74) is 1.25. The maximum Gasteiger partial charge on any atom is 0.310 e. The van der Waals surface area contributed by atoms with Gasteiger partial charge >= 0.3 is 5.97 Å². The lowest BCUT2D eigenvalue weighted by Crippen LogP contribution is -2.24. The molecule has 5 heteroatoms. The van der Waals surface area contributed by atoms with E-state index >= 15 is 0 Å². The van der Waals surface area contributed by atoms with Crippen LogP contribution in [-0.4, -0.2) is 30.7 Å². The zero-order valence-corrected chi connectivity index (χ0v) is 11.3. The topological polar surface area (TPSA) is 75.6 Å². The summed E-state index contributed by atoms with van der Waals surface area (Å²) in [7, 11) is 1.54. The number of rotatable bonds is 6. The van der Waals surface area contributed by atoms with E-state index in [0.29, 0.717) is 17.9 Å². The fraction of sp³-hybridized carbons (Fsp3) is 0.429. The summed E-state index contributed by atoms with van der Waals surface area (Å²) in [6.07, 6.45) is 0. The standard InChI is InChI=1S/C14H19NO4/c1-9(8-19-3)13(16)15-12-6-4-5-11(7-12)10(2)14(17)18/h4-7,9-10H,8H2,1-3H3,(H,15,16)(H,17,18). The molecule has 0 saturated heterocycles. The van der Waals surface area contributed by atoms with Crippen LogP contribution in [0, 0.1) is 5.92 Å². The Balaban J connectivity index is 2.77. The highest BCUT2D eigenvalue weighted by Crippen LogP contribution is 2.19. The van der Waals surface area contributed by atoms with E-state index in [1.807, 2.05) is 0 Å². The van der Waals surface area contributed by atoms with Gasteiger partial charge in [-0.15, -0.1) is 0 Å². The van der Waals surface area contributed by atoms with Crippen LogP contribution in [0.4, 0.5) is 5.69 Å². The van der Waals surface area contributed by atoms with Crippen molar-refractivity contribution in [1.29, 1.82) is 0 Å². The molecule has 0 fully saturated rings. The van der Waals surface area contributed by atoms with Crippen molar-refractivity contribution >= 4 is 17.6 Å². The minimum Gasteiger partial charge on any atom is -0.481 e. The lowest BCUT2D eigenvalue weighted by atomic mass is 10.0. The number of benzene rings is 1. The molecule has 19 heavy (non-hydrogen) atoms. The van der Waals surface area contributed by atoms with Crippen LogP contribution in [0.15, 0.2) is 24.3 Å². The van der Waals surface area contributed by atoms with Crippen LogP contribution >= 0.6 is 0 Å². The smallest absolute Gasteiger partial charge is 0.310 e. The lowest BCUT2D eigenvalue weighted by molar-refractivity contribution is -0.138. The molecule has 0 aromatic heterocycles. The molecule has 0 aliphatic heterocycles. The minimum atomic E-state index is -0.892. The summed E-state index contributed by atoms with van der Waals surface area (Å²) in [6.45, 7) is 3.72. The molecule has 2 unspecified atom stereocenters. The quantitative estimate of drug-likeness (QED) is 0.825. The number of hydrogen-bond acceptors (Lipinski definition) is 3. The molecule has 2 N–H and O–H groups in total. The lowest BCUT2D eigenvalue weighted by Gasteiger charge is -2.13. The number of methoxy groups -OCH3 is 1. The van der Waals surface area contributed by atoms with Crippen LogP contribution in [-0.2, 0) is 14.3 Å². The van der Waals surface area contributed by atoms with Crippen LogP contribution in [0.3, 0.4) is 0 Å². The van der Waals surface area contributed by atoms with Crippen molar-refractivity contribution in [1.82, 2.24) is 0 Å². The molecule has 5 nitrogen and oxygen atoms in total. The van der Waals surface area contributed by atoms with Gasteiger partial charge < -0.3 is 15.2 Å². The molecule has 1 rings (SSSR count). The van der Waals surface area contributed by atoms with E-state index in [9.17, 15) is 9.59 Å². The van der Waals surface area contributed by atoms with Gasteiger partial charge in [-0.05, 0) is 24.6 Å². The van der Waals surface area contributed by atoms with E-state index in [4.69, 9.17) is 9.84 Å². The Morgan fingerprint density at radius 2 is 2.05 bits per heavy atom. The largest absolute Gasteiger partial charge is 0.481 e. The van der Waals surface area contributed by atoms with Crippen molar-refractivity contribution in [2.24, 2.45) is 5.92 Å². The highest BCUT2D eigenvalue weighted by atomic mass is 16.5. The summed E-state index contributed by atoms with van der Waals surface area (Å²) in [4.78, 5) is 22.7. The molecule has 0 heterocycles. The van der Waals surface area contributed by atoms with E-state index in [-0.39, 0.29) is 11.8 Å². The van der Waals surface area contributed by atoms with Crippen molar-refractivity contribution in [3.63, 3.8) is 0 Å². The minimum absolute atomic E-state index is 0.151. The molecule has 0 radical (unpaired) electrons. The SMILES string of the molecule is COCC(C)C(=O)Nc1cccc(C(C)C(=O)O)c1. The average Bonchev–Trinajstić information content (AvgIpc) is 2.38. The second-order valence-electron chi connectivity index (χ2n) is 4.53. The molecule has 0 bridgehead atoms. The third-order valence-electron chi connectivity index (χ3n) is 2.89. The number of carboxylic acid groups (broad SMARTS) is 1. The fourth-order valence-corrected chi connectivity index (χ4v) is 1.62. The highest BCUT2D eigenvalue weighted by Gasteiger charge is 2.16. The van der Waals surface area contributed by atoms with Gasteiger partial charge in [0.2, 0.25) is 5.91 Å². The van der Waals surface area contributed by atoms with Crippen molar-refractivity contribution in [2.45, 2.75) is 19.8 Å². The third kappa shape index (κ3) is 4.37. The summed E-state index contributed by atoms with van der Waals surface area (Å²) in [5, 5.41) is 11.7. The van der Waals surface area contributed by atoms with Gasteiger partial charge in [0.15, 0.2) is 0 Å². The summed E-state index contributed by atoms with van der Waals surface area (Å²) in [5.74, 6) is -1.91. The maximum atomic E-state index is 11.8. The van der Waals surface area contributed by atoms with E-state index in [2.05, 4.69) is 5.32 Å². The maximum absolute atomic E-state index is 11.8. The molecule has 0 saturated carbocycles. The van der Waals surface area contributed by atoms with Gasteiger partial charge in [-0.25, -0.2) is 0 Å². The number of carboxylic acids is 1. The van der Waals surface area contributed by atoms with Crippen molar-refractivity contribution in [3.8, 4) is 0 Å². The Kier molecular flexibility index (Phi) is 5.51. The molecule has 1 aromatic carbocycles. The van der Waals surface area contributed by atoms with Crippen molar-refractivity contribution in [3.05, 3.63) is 29.8 Å².